The van der Waals surface area contributed by atoms with Crippen molar-refractivity contribution in [3.05, 3.63) is 17.3 Å². The number of hydrogen-bond acceptors (Lipinski definition) is 4. The standard InChI is InChI=1S/C11H16ClN3OS/c1-3-14(4-6-16-2)10-9(8-12)15-5-7-17-11(15)13-10/h5,7H,3-4,6,8H2,1-2H3. The number of fused-ring (bicyclic) bond motifs is 1. The number of anilines is 1. The number of imidazole rings is 1. The molecule has 2 aromatic rings. The molecule has 17 heavy (non-hydrogen) atoms. The summed E-state index contributed by atoms with van der Waals surface area (Å²) < 4.78 is 7.18. The fraction of sp³-hybridized carbons (Fsp3) is 0.545. The molecule has 4 nitrogen and oxygen atoms in total. The van der Waals surface area contributed by atoms with Gasteiger partial charge in [0.05, 0.1) is 18.2 Å². The van der Waals surface area contributed by atoms with Crippen molar-refractivity contribution in [2.75, 3.05) is 31.7 Å². The number of aromatic nitrogens is 2. The molecule has 94 valence electrons. The molecule has 0 aliphatic rings. The maximum absolute atomic E-state index is 6.03. The van der Waals surface area contributed by atoms with Crippen LogP contribution in [0.15, 0.2) is 11.6 Å². The molecule has 0 aliphatic heterocycles. The van der Waals surface area contributed by atoms with Gasteiger partial charge in [-0.2, -0.15) is 0 Å². The third-order valence-electron chi connectivity index (χ3n) is 2.71. The lowest BCUT2D eigenvalue weighted by atomic mass is 10.4. The Morgan fingerprint density at radius 3 is 3.06 bits per heavy atom. The summed E-state index contributed by atoms with van der Waals surface area (Å²) in [7, 11) is 1.71. The van der Waals surface area contributed by atoms with E-state index in [1.807, 2.05) is 11.6 Å². The average molecular weight is 274 g/mol. The first-order valence-electron chi connectivity index (χ1n) is 5.56. The second-order valence-corrected chi connectivity index (χ2v) is 4.78. The molecule has 0 amide bonds. The third-order valence-corrected chi connectivity index (χ3v) is 3.72. The van der Waals surface area contributed by atoms with E-state index in [1.54, 1.807) is 18.4 Å². The molecular formula is C11H16ClN3OS. The summed E-state index contributed by atoms with van der Waals surface area (Å²) in [6.07, 6.45) is 2.01. The molecule has 0 radical (unpaired) electrons. The van der Waals surface area contributed by atoms with Gasteiger partial charge in [0.15, 0.2) is 10.8 Å². The van der Waals surface area contributed by atoms with Gasteiger partial charge in [-0.3, -0.25) is 4.40 Å². The molecular weight excluding hydrogens is 258 g/mol. The fourth-order valence-corrected chi connectivity index (χ4v) is 2.79. The zero-order valence-corrected chi connectivity index (χ0v) is 11.6. The highest BCUT2D eigenvalue weighted by molar-refractivity contribution is 7.15. The van der Waals surface area contributed by atoms with E-state index in [1.165, 1.54) is 0 Å². The number of hydrogen-bond donors (Lipinski definition) is 0. The number of ether oxygens (including phenoxy) is 1. The second-order valence-electron chi connectivity index (χ2n) is 3.64. The second kappa shape index (κ2) is 5.71. The Bertz CT molecular complexity index is 482. The van der Waals surface area contributed by atoms with Crippen molar-refractivity contribution < 1.29 is 4.74 Å². The summed E-state index contributed by atoms with van der Waals surface area (Å²) >= 11 is 7.66. The minimum Gasteiger partial charge on any atom is -0.383 e. The molecule has 0 aromatic carbocycles. The number of halogens is 1. The predicted octanol–water partition coefficient (Wildman–Crippen LogP) is 2.61. The van der Waals surface area contributed by atoms with Crippen LogP contribution in [0.5, 0.6) is 0 Å². The van der Waals surface area contributed by atoms with Gasteiger partial charge in [-0.25, -0.2) is 4.98 Å². The van der Waals surface area contributed by atoms with Gasteiger partial charge in [0.1, 0.15) is 0 Å². The highest BCUT2D eigenvalue weighted by Gasteiger charge is 2.16. The number of thiazole rings is 1. The summed E-state index contributed by atoms with van der Waals surface area (Å²) in [5, 5.41) is 2.02. The van der Waals surface area contributed by atoms with E-state index in [2.05, 4.69) is 21.2 Å². The number of likely N-dealkylation sites (N-methyl/N-ethyl adjacent to an activating group) is 1. The molecule has 6 heteroatoms. The average Bonchev–Trinajstić information content (AvgIpc) is 2.90. The molecule has 2 rings (SSSR count). The van der Waals surface area contributed by atoms with Crippen LogP contribution in [0.1, 0.15) is 12.6 Å². The van der Waals surface area contributed by atoms with Crippen LogP contribution in [0.3, 0.4) is 0 Å². The monoisotopic (exact) mass is 273 g/mol. The van der Waals surface area contributed by atoms with Crippen molar-refractivity contribution in [1.29, 1.82) is 0 Å². The number of alkyl halides is 1. The molecule has 0 saturated carbocycles. The zero-order valence-electron chi connectivity index (χ0n) is 10.0. The van der Waals surface area contributed by atoms with Gasteiger partial charge in [-0.15, -0.1) is 22.9 Å². The molecule has 2 heterocycles. The van der Waals surface area contributed by atoms with Crippen LogP contribution in [-0.4, -0.2) is 36.2 Å². The van der Waals surface area contributed by atoms with E-state index >= 15 is 0 Å². The summed E-state index contributed by atoms with van der Waals surface area (Å²) in [5.74, 6) is 1.45. The van der Waals surface area contributed by atoms with Gasteiger partial charge >= 0.3 is 0 Å². The van der Waals surface area contributed by atoms with Crippen molar-refractivity contribution in [1.82, 2.24) is 9.38 Å². The highest BCUT2D eigenvalue weighted by atomic mass is 35.5. The molecule has 0 saturated heterocycles. The van der Waals surface area contributed by atoms with Gasteiger partial charge in [0, 0.05) is 31.8 Å². The quantitative estimate of drug-likeness (QED) is 0.758. The van der Waals surface area contributed by atoms with Crippen LogP contribution in [0, 0.1) is 0 Å². The first kappa shape index (κ1) is 12.7. The summed E-state index contributed by atoms with van der Waals surface area (Å²) in [6.45, 7) is 4.54. The van der Waals surface area contributed by atoms with E-state index in [0.29, 0.717) is 12.5 Å². The molecule has 0 bridgehead atoms. The SMILES string of the molecule is CCN(CCOC)c1nc2sccn2c1CCl. The fourth-order valence-electron chi connectivity index (χ4n) is 1.81. The number of rotatable bonds is 6. The van der Waals surface area contributed by atoms with Crippen LogP contribution in [0.2, 0.25) is 0 Å². The Hall–Kier alpha value is -0.780. The normalized spacial score (nSPS) is 11.2. The van der Waals surface area contributed by atoms with Gasteiger partial charge < -0.3 is 9.64 Å². The summed E-state index contributed by atoms with van der Waals surface area (Å²) in [5.41, 5.74) is 1.06. The Kier molecular flexibility index (Phi) is 4.25. The third kappa shape index (κ3) is 2.41. The Morgan fingerprint density at radius 2 is 2.41 bits per heavy atom. The molecule has 0 aliphatic carbocycles. The van der Waals surface area contributed by atoms with Crippen molar-refractivity contribution in [3.63, 3.8) is 0 Å². The molecule has 2 aromatic heterocycles. The van der Waals surface area contributed by atoms with Crippen LogP contribution >= 0.6 is 22.9 Å². The predicted molar refractivity (Wildman–Crippen MR) is 72.4 cm³/mol. The van der Waals surface area contributed by atoms with E-state index in [-0.39, 0.29) is 0 Å². The smallest absolute Gasteiger partial charge is 0.195 e. The largest absolute Gasteiger partial charge is 0.383 e. The van der Waals surface area contributed by atoms with Gasteiger partial charge in [-0.1, -0.05) is 0 Å². The molecule has 0 N–H and O–H groups in total. The Balaban J connectivity index is 2.34. The molecule has 0 atom stereocenters. The maximum Gasteiger partial charge on any atom is 0.195 e. The van der Waals surface area contributed by atoms with Crippen LogP contribution in [0.25, 0.3) is 4.96 Å². The van der Waals surface area contributed by atoms with E-state index in [4.69, 9.17) is 16.3 Å². The minimum absolute atomic E-state index is 0.469. The van der Waals surface area contributed by atoms with Crippen molar-refractivity contribution in [2.24, 2.45) is 0 Å². The van der Waals surface area contributed by atoms with Gasteiger partial charge in [-0.05, 0) is 6.92 Å². The lowest BCUT2D eigenvalue weighted by Gasteiger charge is -2.21. The lowest BCUT2D eigenvalue weighted by Crippen LogP contribution is -2.28. The van der Waals surface area contributed by atoms with E-state index < -0.39 is 0 Å². The Morgan fingerprint density at radius 1 is 1.59 bits per heavy atom. The van der Waals surface area contributed by atoms with Gasteiger partial charge in [0.2, 0.25) is 0 Å². The molecule has 0 spiro atoms. The van der Waals surface area contributed by atoms with Crippen molar-refractivity contribution >= 4 is 33.7 Å². The van der Waals surface area contributed by atoms with E-state index in [0.717, 1.165) is 29.6 Å². The minimum atomic E-state index is 0.469. The van der Waals surface area contributed by atoms with Gasteiger partial charge in [0.25, 0.3) is 0 Å². The lowest BCUT2D eigenvalue weighted by molar-refractivity contribution is 0.205. The first-order valence-corrected chi connectivity index (χ1v) is 6.97. The van der Waals surface area contributed by atoms with Crippen LogP contribution in [-0.2, 0) is 10.6 Å². The van der Waals surface area contributed by atoms with Crippen LogP contribution < -0.4 is 4.90 Å². The van der Waals surface area contributed by atoms with E-state index in [9.17, 15) is 0 Å². The number of methoxy groups -OCH3 is 1. The van der Waals surface area contributed by atoms with Crippen molar-refractivity contribution in [3.8, 4) is 0 Å². The first-order chi connectivity index (χ1) is 8.31. The van der Waals surface area contributed by atoms with Crippen molar-refractivity contribution in [2.45, 2.75) is 12.8 Å². The molecule has 0 fully saturated rings. The molecule has 0 unspecified atom stereocenters. The zero-order chi connectivity index (χ0) is 12.3. The summed E-state index contributed by atoms with van der Waals surface area (Å²) in [6, 6.07) is 0. The summed E-state index contributed by atoms with van der Waals surface area (Å²) in [4.78, 5) is 7.82. The van der Waals surface area contributed by atoms with Crippen LogP contribution in [0.4, 0.5) is 5.82 Å². The topological polar surface area (TPSA) is 29.8 Å². The maximum atomic E-state index is 6.03. The Labute approximate surface area is 110 Å². The highest BCUT2D eigenvalue weighted by Crippen LogP contribution is 2.25. The number of nitrogens with zero attached hydrogens (tertiary/aromatic N) is 3.